The van der Waals surface area contributed by atoms with Crippen LogP contribution in [0.1, 0.15) is 39.5 Å². The SMILES string of the molecule is CC(=O)N(C[C@@H]1CCCC[C@H]1CN1CCN(c2nsc3ccccc23)CC1)C(C)=O. The number of hydrogen-bond acceptors (Lipinski definition) is 6. The van der Waals surface area contributed by atoms with Crippen molar-refractivity contribution in [3.8, 4) is 0 Å². The Morgan fingerprint density at radius 2 is 1.70 bits per heavy atom. The summed E-state index contributed by atoms with van der Waals surface area (Å²) in [6, 6.07) is 8.47. The highest BCUT2D eigenvalue weighted by Crippen LogP contribution is 2.33. The minimum Gasteiger partial charge on any atom is -0.353 e. The molecule has 1 aromatic heterocycles. The average molecular weight is 429 g/mol. The summed E-state index contributed by atoms with van der Waals surface area (Å²) >= 11 is 1.58. The second-order valence-corrected chi connectivity index (χ2v) is 9.55. The van der Waals surface area contributed by atoms with Gasteiger partial charge in [-0.2, -0.15) is 4.37 Å². The third kappa shape index (κ3) is 4.67. The molecule has 1 aliphatic carbocycles. The zero-order valence-corrected chi connectivity index (χ0v) is 18.9. The fourth-order valence-corrected chi connectivity index (χ4v) is 5.85. The molecule has 0 spiro atoms. The van der Waals surface area contributed by atoms with Gasteiger partial charge in [-0.3, -0.25) is 19.4 Å². The molecular formula is C23H32N4O2S. The van der Waals surface area contributed by atoms with Crippen molar-refractivity contribution in [1.29, 1.82) is 0 Å². The zero-order valence-electron chi connectivity index (χ0n) is 18.0. The lowest BCUT2D eigenvalue weighted by molar-refractivity contribution is -0.143. The van der Waals surface area contributed by atoms with Crippen molar-refractivity contribution in [1.82, 2.24) is 14.2 Å². The van der Waals surface area contributed by atoms with Gasteiger partial charge in [0, 0.05) is 58.5 Å². The van der Waals surface area contributed by atoms with Crippen LogP contribution in [0.25, 0.3) is 10.1 Å². The number of aromatic nitrogens is 1. The summed E-state index contributed by atoms with van der Waals surface area (Å²) in [5.41, 5.74) is 0. The molecule has 0 N–H and O–H groups in total. The monoisotopic (exact) mass is 428 g/mol. The highest BCUT2D eigenvalue weighted by molar-refractivity contribution is 7.13. The molecule has 0 unspecified atom stereocenters. The molecule has 2 amide bonds. The lowest BCUT2D eigenvalue weighted by atomic mass is 9.78. The van der Waals surface area contributed by atoms with Gasteiger partial charge in [-0.15, -0.1) is 0 Å². The van der Waals surface area contributed by atoms with Gasteiger partial charge in [0.25, 0.3) is 0 Å². The van der Waals surface area contributed by atoms with Crippen molar-refractivity contribution in [2.75, 3.05) is 44.2 Å². The van der Waals surface area contributed by atoms with Crippen LogP contribution in [0.5, 0.6) is 0 Å². The number of rotatable bonds is 5. The first-order valence-electron chi connectivity index (χ1n) is 11.1. The van der Waals surface area contributed by atoms with Crippen molar-refractivity contribution in [2.24, 2.45) is 11.8 Å². The average Bonchev–Trinajstić information content (AvgIpc) is 3.17. The van der Waals surface area contributed by atoms with Gasteiger partial charge in [0.2, 0.25) is 11.8 Å². The third-order valence-electron chi connectivity index (χ3n) is 6.77. The molecule has 2 aromatic rings. The van der Waals surface area contributed by atoms with Gasteiger partial charge in [-0.05, 0) is 48.3 Å². The van der Waals surface area contributed by atoms with Crippen molar-refractivity contribution in [3.05, 3.63) is 24.3 Å². The minimum atomic E-state index is -0.129. The van der Waals surface area contributed by atoms with Crippen molar-refractivity contribution >= 4 is 39.3 Å². The van der Waals surface area contributed by atoms with Gasteiger partial charge in [-0.25, -0.2) is 0 Å². The fourth-order valence-electron chi connectivity index (χ4n) is 5.05. The van der Waals surface area contributed by atoms with Crippen LogP contribution in [0.2, 0.25) is 0 Å². The van der Waals surface area contributed by atoms with Gasteiger partial charge >= 0.3 is 0 Å². The maximum Gasteiger partial charge on any atom is 0.226 e. The maximum absolute atomic E-state index is 11.9. The van der Waals surface area contributed by atoms with Crippen LogP contribution in [0.15, 0.2) is 24.3 Å². The lowest BCUT2D eigenvalue weighted by Gasteiger charge is -2.40. The molecule has 4 rings (SSSR count). The van der Waals surface area contributed by atoms with E-state index in [9.17, 15) is 9.59 Å². The lowest BCUT2D eigenvalue weighted by Crippen LogP contribution is -2.50. The highest BCUT2D eigenvalue weighted by atomic mass is 32.1. The molecule has 2 fully saturated rings. The van der Waals surface area contributed by atoms with E-state index < -0.39 is 0 Å². The molecule has 1 saturated carbocycles. The number of anilines is 1. The molecule has 1 saturated heterocycles. The first-order chi connectivity index (χ1) is 14.5. The summed E-state index contributed by atoms with van der Waals surface area (Å²) in [5.74, 6) is 1.86. The van der Waals surface area contributed by atoms with Crippen LogP contribution in [0.4, 0.5) is 5.82 Å². The fraction of sp³-hybridized carbons (Fsp3) is 0.609. The number of imide groups is 1. The second-order valence-electron chi connectivity index (χ2n) is 8.74. The van der Waals surface area contributed by atoms with E-state index >= 15 is 0 Å². The first kappa shape index (κ1) is 21.2. The Morgan fingerprint density at radius 1 is 1.03 bits per heavy atom. The number of piperazine rings is 1. The molecule has 1 aliphatic heterocycles. The summed E-state index contributed by atoms with van der Waals surface area (Å²) in [7, 11) is 0. The number of hydrogen-bond donors (Lipinski definition) is 0. The predicted octanol–water partition coefficient (Wildman–Crippen LogP) is 3.62. The molecule has 2 atom stereocenters. The number of fused-ring (bicyclic) bond motifs is 1. The Hall–Kier alpha value is -1.99. The number of amides is 2. The number of carbonyl (C=O) groups is 2. The van der Waals surface area contributed by atoms with Gasteiger partial charge in [0.05, 0.1) is 4.70 Å². The Kier molecular flexibility index (Phi) is 6.68. The van der Waals surface area contributed by atoms with Crippen molar-refractivity contribution in [2.45, 2.75) is 39.5 Å². The first-order valence-corrected chi connectivity index (χ1v) is 11.9. The Morgan fingerprint density at radius 3 is 2.40 bits per heavy atom. The second kappa shape index (κ2) is 9.43. The summed E-state index contributed by atoms with van der Waals surface area (Å²) < 4.78 is 5.97. The molecule has 7 heteroatoms. The molecule has 1 aromatic carbocycles. The van der Waals surface area contributed by atoms with Crippen LogP contribution < -0.4 is 4.90 Å². The third-order valence-corrected chi connectivity index (χ3v) is 7.58. The van der Waals surface area contributed by atoms with Gasteiger partial charge < -0.3 is 4.90 Å². The molecule has 0 bridgehead atoms. The molecule has 6 nitrogen and oxygen atoms in total. The standard InChI is InChI=1S/C23H32N4O2S/c1-17(28)27(18(2)29)16-20-8-4-3-7-19(20)15-25-11-13-26(14-12-25)23-21-9-5-6-10-22(21)30-24-23/h5-6,9-10,19-20H,3-4,7-8,11-16H2,1-2H3/t19-,20-/m0/s1. The quantitative estimate of drug-likeness (QED) is 0.728. The summed E-state index contributed by atoms with van der Waals surface area (Å²) in [5, 5.41) is 1.26. The highest BCUT2D eigenvalue weighted by Gasteiger charge is 2.31. The Balaban J connectivity index is 1.35. The number of nitrogens with zero attached hydrogens (tertiary/aromatic N) is 4. The largest absolute Gasteiger partial charge is 0.353 e. The van der Waals surface area contributed by atoms with E-state index in [4.69, 9.17) is 4.37 Å². The van der Waals surface area contributed by atoms with E-state index in [-0.39, 0.29) is 11.8 Å². The number of carbonyl (C=O) groups excluding carboxylic acids is 2. The van der Waals surface area contributed by atoms with Crippen LogP contribution in [-0.2, 0) is 9.59 Å². The van der Waals surface area contributed by atoms with E-state index in [0.717, 1.165) is 45.0 Å². The van der Waals surface area contributed by atoms with Gasteiger partial charge in [0.15, 0.2) is 0 Å². The summed E-state index contributed by atoms with van der Waals surface area (Å²) in [6.07, 6.45) is 4.78. The normalized spacial score (nSPS) is 22.9. The molecular weight excluding hydrogens is 396 g/mol. The van der Waals surface area contributed by atoms with Crippen LogP contribution >= 0.6 is 11.5 Å². The van der Waals surface area contributed by atoms with E-state index in [1.54, 1.807) is 11.5 Å². The topological polar surface area (TPSA) is 56.8 Å². The summed E-state index contributed by atoms with van der Waals surface area (Å²) in [4.78, 5) is 30.2. The predicted molar refractivity (Wildman–Crippen MR) is 122 cm³/mol. The number of benzene rings is 1. The van der Waals surface area contributed by atoms with Gasteiger partial charge in [0.1, 0.15) is 5.82 Å². The van der Waals surface area contributed by atoms with Crippen LogP contribution in [0, 0.1) is 11.8 Å². The molecule has 0 radical (unpaired) electrons. The maximum atomic E-state index is 11.9. The zero-order chi connectivity index (χ0) is 21.1. The molecule has 30 heavy (non-hydrogen) atoms. The molecule has 2 heterocycles. The van der Waals surface area contributed by atoms with Gasteiger partial charge in [-0.1, -0.05) is 25.0 Å². The summed E-state index contributed by atoms with van der Waals surface area (Å²) in [6.45, 7) is 8.73. The van der Waals surface area contributed by atoms with E-state index in [2.05, 4.69) is 34.1 Å². The molecule has 162 valence electrons. The Bertz CT molecular complexity index is 876. The minimum absolute atomic E-state index is 0.129. The van der Waals surface area contributed by atoms with E-state index in [1.165, 1.54) is 48.1 Å². The Labute approximate surface area is 183 Å². The molecule has 2 aliphatic rings. The van der Waals surface area contributed by atoms with E-state index in [0.29, 0.717) is 18.4 Å². The van der Waals surface area contributed by atoms with Crippen molar-refractivity contribution in [3.63, 3.8) is 0 Å². The smallest absolute Gasteiger partial charge is 0.226 e. The van der Waals surface area contributed by atoms with Crippen LogP contribution in [0.3, 0.4) is 0 Å². The van der Waals surface area contributed by atoms with Crippen LogP contribution in [-0.4, -0.2) is 65.3 Å². The van der Waals surface area contributed by atoms with E-state index in [1.807, 2.05) is 0 Å². The van der Waals surface area contributed by atoms with Crippen molar-refractivity contribution < 1.29 is 9.59 Å².